The molecular formula is C12H16O2. The molecule has 2 rings (SSSR count). The van der Waals surface area contributed by atoms with E-state index >= 15 is 0 Å². The van der Waals surface area contributed by atoms with Crippen LogP contribution in [0.25, 0.3) is 0 Å². The maximum Gasteiger partial charge on any atom is 0.119 e. The molecule has 1 saturated carbocycles. The van der Waals surface area contributed by atoms with Crippen molar-refractivity contribution in [1.82, 2.24) is 0 Å². The summed E-state index contributed by atoms with van der Waals surface area (Å²) in [7, 11) is 0. The van der Waals surface area contributed by atoms with Gasteiger partial charge in [0.1, 0.15) is 5.75 Å². The van der Waals surface area contributed by atoms with Crippen molar-refractivity contribution in [2.24, 2.45) is 0 Å². The Morgan fingerprint density at radius 2 is 2.14 bits per heavy atom. The normalized spacial score (nSPS) is 18.1. The lowest BCUT2D eigenvalue weighted by Crippen LogP contribution is -2.00. The summed E-state index contributed by atoms with van der Waals surface area (Å²) in [6, 6.07) is 5.43. The fourth-order valence-corrected chi connectivity index (χ4v) is 1.90. The average Bonchev–Trinajstić information content (AvgIpc) is 3.00. The maximum absolute atomic E-state index is 9.80. The Labute approximate surface area is 84.2 Å². The van der Waals surface area contributed by atoms with Crippen molar-refractivity contribution < 1.29 is 10.2 Å². The SMILES string of the molecule is CCC(O)c1cccc(O)c1C1CC1. The molecule has 0 spiro atoms. The van der Waals surface area contributed by atoms with Crippen LogP contribution in [0.2, 0.25) is 0 Å². The van der Waals surface area contributed by atoms with E-state index in [1.54, 1.807) is 12.1 Å². The summed E-state index contributed by atoms with van der Waals surface area (Å²) < 4.78 is 0. The Bertz CT molecular complexity index is 329. The van der Waals surface area contributed by atoms with Crippen LogP contribution >= 0.6 is 0 Å². The second kappa shape index (κ2) is 3.62. The van der Waals surface area contributed by atoms with E-state index in [0.717, 1.165) is 24.0 Å². The molecule has 0 saturated heterocycles. The molecule has 1 atom stereocenters. The Kier molecular flexibility index (Phi) is 2.46. The number of rotatable bonds is 3. The topological polar surface area (TPSA) is 40.5 Å². The van der Waals surface area contributed by atoms with E-state index in [2.05, 4.69) is 0 Å². The molecule has 0 aromatic heterocycles. The van der Waals surface area contributed by atoms with Gasteiger partial charge in [0.05, 0.1) is 6.10 Å². The van der Waals surface area contributed by atoms with Gasteiger partial charge in [-0.25, -0.2) is 0 Å². The highest BCUT2D eigenvalue weighted by molar-refractivity contribution is 5.45. The number of hydrogen-bond donors (Lipinski definition) is 2. The smallest absolute Gasteiger partial charge is 0.119 e. The summed E-state index contributed by atoms with van der Waals surface area (Å²) in [6.45, 7) is 1.95. The molecule has 1 unspecified atom stereocenters. The minimum atomic E-state index is -0.433. The summed E-state index contributed by atoms with van der Waals surface area (Å²) in [5, 5.41) is 19.5. The van der Waals surface area contributed by atoms with Gasteiger partial charge in [-0.05, 0) is 36.8 Å². The van der Waals surface area contributed by atoms with E-state index in [1.165, 1.54) is 0 Å². The van der Waals surface area contributed by atoms with Crippen molar-refractivity contribution in [3.63, 3.8) is 0 Å². The van der Waals surface area contributed by atoms with Gasteiger partial charge >= 0.3 is 0 Å². The van der Waals surface area contributed by atoms with E-state index in [-0.39, 0.29) is 0 Å². The Morgan fingerprint density at radius 1 is 1.43 bits per heavy atom. The fourth-order valence-electron chi connectivity index (χ4n) is 1.90. The first-order valence-electron chi connectivity index (χ1n) is 5.24. The third-order valence-corrected chi connectivity index (χ3v) is 2.85. The second-order valence-electron chi connectivity index (χ2n) is 3.98. The molecule has 2 nitrogen and oxygen atoms in total. The first-order valence-corrected chi connectivity index (χ1v) is 5.24. The molecule has 1 aliphatic rings. The number of aliphatic hydroxyl groups is 1. The molecule has 0 amide bonds. The highest BCUT2D eigenvalue weighted by Crippen LogP contribution is 2.47. The number of aromatic hydroxyl groups is 1. The van der Waals surface area contributed by atoms with Gasteiger partial charge in [0.2, 0.25) is 0 Å². The fraction of sp³-hybridized carbons (Fsp3) is 0.500. The van der Waals surface area contributed by atoms with Gasteiger partial charge < -0.3 is 10.2 Å². The molecule has 1 aromatic carbocycles. The van der Waals surface area contributed by atoms with Gasteiger partial charge in [0.25, 0.3) is 0 Å². The van der Waals surface area contributed by atoms with E-state index in [4.69, 9.17) is 0 Å². The van der Waals surface area contributed by atoms with Gasteiger partial charge in [0.15, 0.2) is 0 Å². The summed E-state index contributed by atoms with van der Waals surface area (Å²) in [5.74, 6) is 0.824. The summed E-state index contributed by atoms with van der Waals surface area (Å²) in [5.41, 5.74) is 1.89. The Hall–Kier alpha value is -1.02. The van der Waals surface area contributed by atoms with Crippen molar-refractivity contribution in [2.75, 3.05) is 0 Å². The molecular weight excluding hydrogens is 176 g/mol. The number of phenolic OH excluding ortho intramolecular Hbond substituents is 1. The molecule has 0 radical (unpaired) electrons. The van der Waals surface area contributed by atoms with Crippen LogP contribution in [0.3, 0.4) is 0 Å². The molecule has 76 valence electrons. The first kappa shape index (κ1) is 9.53. The summed E-state index contributed by atoms with van der Waals surface area (Å²) >= 11 is 0. The average molecular weight is 192 g/mol. The van der Waals surface area contributed by atoms with Crippen LogP contribution in [0.5, 0.6) is 5.75 Å². The zero-order valence-electron chi connectivity index (χ0n) is 8.40. The van der Waals surface area contributed by atoms with Gasteiger partial charge in [-0.3, -0.25) is 0 Å². The second-order valence-corrected chi connectivity index (χ2v) is 3.98. The van der Waals surface area contributed by atoms with Crippen LogP contribution in [0.4, 0.5) is 0 Å². The molecule has 0 aliphatic heterocycles. The van der Waals surface area contributed by atoms with Crippen LogP contribution in [0.1, 0.15) is 49.3 Å². The van der Waals surface area contributed by atoms with Crippen LogP contribution in [-0.2, 0) is 0 Å². The standard InChI is InChI=1S/C12H16O2/c1-2-10(13)9-4-3-5-11(14)12(9)8-6-7-8/h3-5,8,10,13-14H,2,6-7H2,1H3. The van der Waals surface area contributed by atoms with E-state index in [9.17, 15) is 10.2 Å². The quantitative estimate of drug-likeness (QED) is 0.773. The summed E-state index contributed by atoms with van der Waals surface area (Å²) in [4.78, 5) is 0. The number of aliphatic hydroxyl groups excluding tert-OH is 1. The molecule has 0 bridgehead atoms. The number of hydrogen-bond acceptors (Lipinski definition) is 2. The summed E-state index contributed by atoms with van der Waals surface area (Å²) in [6.07, 6.45) is 2.54. The van der Waals surface area contributed by atoms with Gasteiger partial charge in [-0.15, -0.1) is 0 Å². The number of phenols is 1. The highest BCUT2D eigenvalue weighted by Gasteiger charge is 2.30. The third kappa shape index (κ3) is 1.62. The van der Waals surface area contributed by atoms with Crippen molar-refractivity contribution >= 4 is 0 Å². The minimum absolute atomic E-state index is 0.345. The molecule has 14 heavy (non-hydrogen) atoms. The van der Waals surface area contributed by atoms with E-state index in [1.807, 2.05) is 13.0 Å². The predicted molar refractivity (Wildman–Crippen MR) is 55.3 cm³/mol. The lowest BCUT2D eigenvalue weighted by atomic mass is 9.96. The van der Waals surface area contributed by atoms with Crippen molar-refractivity contribution in [1.29, 1.82) is 0 Å². The lowest BCUT2D eigenvalue weighted by Gasteiger charge is -2.14. The molecule has 1 aromatic rings. The Morgan fingerprint density at radius 3 is 2.71 bits per heavy atom. The van der Waals surface area contributed by atoms with Crippen molar-refractivity contribution in [2.45, 2.75) is 38.2 Å². The molecule has 2 N–H and O–H groups in total. The van der Waals surface area contributed by atoms with Crippen LogP contribution < -0.4 is 0 Å². The number of benzene rings is 1. The third-order valence-electron chi connectivity index (χ3n) is 2.85. The predicted octanol–water partition coefficient (Wildman–Crippen LogP) is 2.71. The largest absolute Gasteiger partial charge is 0.508 e. The van der Waals surface area contributed by atoms with E-state index < -0.39 is 6.10 Å². The van der Waals surface area contributed by atoms with Crippen LogP contribution in [-0.4, -0.2) is 10.2 Å². The van der Waals surface area contributed by atoms with Gasteiger partial charge in [-0.1, -0.05) is 19.1 Å². The van der Waals surface area contributed by atoms with Crippen LogP contribution in [0, 0.1) is 0 Å². The first-order chi connectivity index (χ1) is 6.74. The van der Waals surface area contributed by atoms with Crippen molar-refractivity contribution in [3.8, 4) is 5.75 Å². The zero-order chi connectivity index (χ0) is 10.1. The lowest BCUT2D eigenvalue weighted by molar-refractivity contribution is 0.172. The molecule has 0 heterocycles. The zero-order valence-corrected chi connectivity index (χ0v) is 8.40. The van der Waals surface area contributed by atoms with Gasteiger partial charge in [-0.2, -0.15) is 0 Å². The van der Waals surface area contributed by atoms with E-state index in [0.29, 0.717) is 18.1 Å². The molecule has 1 aliphatic carbocycles. The maximum atomic E-state index is 9.80. The molecule has 1 fully saturated rings. The van der Waals surface area contributed by atoms with Crippen molar-refractivity contribution in [3.05, 3.63) is 29.3 Å². The molecule has 2 heteroatoms. The Balaban J connectivity index is 2.41. The highest BCUT2D eigenvalue weighted by atomic mass is 16.3. The van der Waals surface area contributed by atoms with Gasteiger partial charge in [0, 0.05) is 5.56 Å². The minimum Gasteiger partial charge on any atom is -0.508 e. The van der Waals surface area contributed by atoms with Crippen LogP contribution in [0.15, 0.2) is 18.2 Å². The monoisotopic (exact) mass is 192 g/mol.